The van der Waals surface area contributed by atoms with Crippen LogP contribution in [0.5, 0.6) is 0 Å². The molecule has 1 fully saturated rings. The molecule has 1 N–H and O–H groups in total. The molecule has 2 heterocycles. The largest absolute Gasteiger partial charge is 0.384 e. The average molecular weight is 188 g/mol. The first kappa shape index (κ1) is 8.00. The Morgan fingerprint density at radius 1 is 1.43 bits per heavy atom. The molecule has 0 saturated heterocycles. The number of aliphatic hydroxyl groups is 1. The fourth-order valence-corrected chi connectivity index (χ4v) is 1.87. The molecule has 1 aliphatic rings. The normalized spacial score (nSPS) is 18.7. The molecule has 1 saturated carbocycles. The van der Waals surface area contributed by atoms with Crippen LogP contribution in [0.25, 0.3) is 5.52 Å². The molecule has 1 aliphatic carbocycles. The smallest absolute Gasteiger partial charge is 0.107 e. The SMILES string of the molecule is Cc1cc2cccc(C3(O)CC3)n2n1. The van der Waals surface area contributed by atoms with Gasteiger partial charge in [0.1, 0.15) is 5.60 Å². The van der Waals surface area contributed by atoms with Gasteiger partial charge in [-0.05, 0) is 38.0 Å². The van der Waals surface area contributed by atoms with Crippen LogP contribution >= 0.6 is 0 Å². The van der Waals surface area contributed by atoms with Crippen molar-refractivity contribution in [1.82, 2.24) is 9.61 Å². The van der Waals surface area contributed by atoms with Crippen molar-refractivity contribution in [3.63, 3.8) is 0 Å². The fourth-order valence-electron chi connectivity index (χ4n) is 1.87. The van der Waals surface area contributed by atoms with Gasteiger partial charge in [-0.15, -0.1) is 0 Å². The lowest BCUT2D eigenvalue weighted by Gasteiger charge is -2.09. The third kappa shape index (κ3) is 0.990. The molecule has 3 nitrogen and oxygen atoms in total. The van der Waals surface area contributed by atoms with Crippen LogP contribution in [0.15, 0.2) is 24.3 Å². The van der Waals surface area contributed by atoms with E-state index in [4.69, 9.17) is 0 Å². The molecular weight excluding hydrogens is 176 g/mol. The molecule has 0 spiro atoms. The quantitative estimate of drug-likeness (QED) is 0.738. The van der Waals surface area contributed by atoms with Gasteiger partial charge in [0.25, 0.3) is 0 Å². The zero-order valence-electron chi connectivity index (χ0n) is 8.07. The lowest BCUT2D eigenvalue weighted by Crippen LogP contribution is -2.11. The average Bonchev–Trinajstić information content (AvgIpc) is 2.78. The lowest BCUT2D eigenvalue weighted by molar-refractivity contribution is 0.144. The number of hydrogen-bond acceptors (Lipinski definition) is 2. The van der Waals surface area contributed by atoms with Gasteiger partial charge in [-0.1, -0.05) is 6.07 Å². The molecule has 0 aliphatic heterocycles. The fraction of sp³-hybridized carbons (Fsp3) is 0.364. The second kappa shape index (κ2) is 2.36. The van der Waals surface area contributed by atoms with E-state index in [-0.39, 0.29) is 0 Å². The molecule has 3 heteroatoms. The molecule has 0 unspecified atom stereocenters. The van der Waals surface area contributed by atoms with E-state index in [0.29, 0.717) is 0 Å². The Morgan fingerprint density at radius 2 is 2.21 bits per heavy atom. The van der Waals surface area contributed by atoms with Crippen LogP contribution in [-0.2, 0) is 5.60 Å². The van der Waals surface area contributed by atoms with E-state index < -0.39 is 5.60 Å². The Balaban J connectivity index is 2.32. The number of aromatic nitrogens is 2. The monoisotopic (exact) mass is 188 g/mol. The highest BCUT2D eigenvalue weighted by atomic mass is 16.3. The first-order valence-electron chi connectivity index (χ1n) is 4.87. The molecule has 2 aromatic heterocycles. The van der Waals surface area contributed by atoms with Crippen LogP contribution < -0.4 is 0 Å². The van der Waals surface area contributed by atoms with Crippen molar-refractivity contribution < 1.29 is 5.11 Å². The van der Waals surface area contributed by atoms with E-state index in [9.17, 15) is 5.11 Å². The Bertz CT molecular complexity index is 497. The van der Waals surface area contributed by atoms with Crippen LogP contribution in [0.4, 0.5) is 0 Å². The molecule has 3 rings (SSSR count). The van der Waals surface area contributed by atoms with Crippen molar-refractivity contribution in [2.45, 2.75) is 25.4 Å². The number of nitrogens with zero attached hydrogens (tertiary/aromatic N) is 2. The lowest BCUT2D eigenvalue weighted by atomic mass is 10.2. The minimum Gasteiger partial charge on any atom is -0.384 e. The maximum atomic E-state index is 10.0. The van der Waals surface area contributed by atoms with Crippen LogP contribution in [0, 0.1) is 6.92 Å². The molecule has 0 radical (unpaired) electrons. The second-order valence-electron chi connectivity index (χ2n) is 4.06. The third-order valence-electron chi connectivity index (χ3n) is 2.81. The van der Waals surface area contributed by atoms with Gasteiger partial charge in [0.15, 0.2) is 0 Å². The van der Waals surface area contributed by atoms with Gasteiger partial charge in [-0.25, -0.2) is 4.52 Å². The molecule has 72 valence electrons. The van der Waals surface area contributed by atoms with Crippen molar-refractivity contribution in [2.75, 3.05) is 0 Å². The van der Waals surface area contributed by atoms with Crippen molar-refractivity contribution in [2.24, 2.45) is 0 Å². The number of hydrogen-bond donors (Lipinski definition) is 1. The first-order valence-corrected chi connectivity index (χ1v) is 4.87. The molecule has 0 aromatic carbocycles. The summed E-state index contributed by atoms with van der Waals surface area (Å²) < 4.78 is 1.85. The Hall–Kier alpha value is -1.35. The molecule has 14 heavy (non-hydrogen) atoms. The molecular formula is C11H12N2O. The van der Waals surface area contributed by atoms with Gasteiger partial charge in [0.2, 0.25) is 0 Å². The van der Waals surface area contributed by atoms with Gasteiger partial charge < -0.3 is 5.11 Å². The Morgan fingerprint density at radius 3 is 2.93 bits per heavy atom. The summed E-state index contributed by atoms with van der Waals surface area (Å²) in [5.41, 5.74) is 2.35. The van der Waals surface area contributed by atoms with E-state index >= 15 is 0 Å². The van der Waals surface area contributed by atoms with E-state index in [1.54, 1.807) is 0 Å². The Labute approximate surface area is 82.0 Å². The van der Waals surface area contributed by atoms with Gasteiger partial charge >= 0.3 is 0 Å². The minimum absolute atomic E-state index is 0.613. The molecule has 2 aromatic rings. The van der Waals surface area contributed by atoms with Crippen molar-refractivity contribution >= 4 is 5.52 Å². The molecule has 0 atom stereocenters. The standard InChI is InChI=1S/C11H12N2O/c1-8-7-9-3-2-4-10(13(9)12-8)11(14)5-6-11/h2-4,7,14H,5-6H2,1H3. The van der Waals surface area contributed by atoms with Gasteiger partial charge in [0, 0.05) is 0 Å². The minimum atomic E-state index is -0.613. The van der Waals surface area contributed by atoms with Gasteiger partial charge in [-0.2, -0.15) is 5.10 Å². The summed E-state index contributed by atoms with van der Waals surface area (Å²) in [4.78, 5) is 0. The number of pyridine rings is 1. The van der Waals surface area contributed by atoms with E-state index in [0.717, 1.165) is 29.7 Å². The predicted molar refractivity (Wildman–Crippen MR) is 53.1 cm³/mol. The zero-order chi connectivity index (χ0) is 9.76. The highest BCUT2D eigenvalue weighted by molar-refractivity contribution is 5.49. The van der Waals surface area contributed by atoms with Crippen molar-refractivity contribution in [1.29, 1.82) is 0 Å². The number of aryl methyl sites for hydroxylation is 1. The Kier molecular flexibility index (Phi) is 1.35. The van der Waals surface area contributed by atoms with Crippen LogP contribution in [0.2, 0.25) is 0 Å². The summed E-state index contributed by atoms with van der Waals surface area (Å²) in [5, 5.41) is 14.4. The van der Waals surface area contributed by atoms with E-state index in [2.05, 4.69) is 5.10 Å². The van der Waals surface area contributed by atoms with Crippen LogP contribution in [0.1, 0.15) is 24.2 Å². The van der Waals surface area contributed by atoms with E-state index in [1.807, 2.05) is 35.7 Å². The zero-order valence-corrected chi connectivity index (χ0v) is 8.07. The highest BCUT2D eigenvalue weighted by Crippen LogP contribution is 2.44. The number of rotatable bonds is 1. The molecule has 0 bridgehead atoms. The summed E-state index contributed by atoms with van der Waals surface area (Å²) in [6.45, 7) is 1.97. The maximum absolute atomic E-state index is 10.0. The summed E-state index contributed by atoms with van der Waals surface area (Å²) in [7, 11) is 0. The summed E-state index contributed by atoms with van der Waals surface area (Å²) in [5.74, 6) is 0. The maximum Gasteiger partial charge on any atom is 0.107 e. The topological polar surface area (TPSA) is 37.5 Å². The molecule has 0 amide bonds. The van der Waals surface area contributed by atoms with Crippen molar-refractivity contribution in [3.05, 3.63) is 35.7 Å². The van der Waals surface area contributed by atoms with Crippen molar-refractivity contribution in [3.8, 4) is 0 Å². The van der Waals surface area contributed by atoms with Crippen LogP contribution in [0.3, 0.4) is 0 Å². The number of fused-ring (bicyclic) bond motifs is 1. The summed E-state index contributed by atoms with van der Waals surface area (Å²) in [6, 6.07) is 7.96. The van der Waals surface area contributed by atoms with E-state index in [1.165, 1.54) is 0 Å². The second-order valence-corrected chi connectivity index (χ2v) is 4.06. The van der Waals surface area contributed by atoms with Gasteiger partial charge in [0.05, 0.1) is 16.9 Å². The third-order valence-corrected chi connectivity index (χ3v) is 2.81. The summed E-state index contributed by atoms with van der Waals surface area (Å²) in [6.07, 6.45) is 1.70. The summed E-state index contributed by atoms with van der Waals surface area (Å²) >= 11 is 0. The predicted octanol–water partition coefficient (Wildman–Crippen LogP) is 1.62. The van der Waals surface area contributed by atoms with Crippen LogP contribution in [-0.4, -0.2) is 14.7 Å². The first-order chi connectivity index (χ1) is 6.69. The highest BCUT2D eigenvalue weighted by Gasteiger charge is 2.44. The van der Waals surface area contributed by atoms with Gasteiger partial charge in [-0.3, -0.25) is 0 Å².